The third-order valence-electron chi connectivity index (χ3n) is 4.69. The highest BCUT2D eigenvalue weighted by molar-refractivity contribution is 6.33. The summed E-state index contributed by atoms with van der Waals surface area (Å²) in [5.41, 5.74) is 3.50. The van der Waals surface area contributed by atoms with Gasteiger partial charge in [-0.1, -0.05) is 54.1 Å². The van der Waals surface area contributed by atoms with Gasteiger partial charge in [0.15, 0.2) is 0 Å². The van der Waals surface area contributed by atoms with E-state index in [1.807, 2.05) is 49.4 Å². The molecule has 0 bridgehead atoms. The number of pyridine rings is 1. The molecule has 0 saturated heterocycles. The van der Waals surface area contributed by atoms with Crippen LogP contribution < -0.4 is 5.32 Å². The number of rotatable bonds is 4. The van der Waals surface area contributed by atoms with Crippen LogP contribution in [0.1, 0.15) is 22.9 Å². The van der Waals surface area contributed by atoms with Gasteiger partial charge in [-0.3, -0.25) is 0 Å². The second-order valence-corrected chi connectivity index (χ2v) is 7.04. The van der Waals surface area contributed by atoms with Gasteiger partial charge in [-0.15, -0.1) is 0 Å². The number of hydrogen-bond acceptors (Lipinski definition) is 3. The zero-order valence-electron chi connectivity index (χ0n) is 15.2. The highest BCUT2D eigenvalue weighted by Crippen LogP contribution is 2.37. The van der Waals surface area contributed by atoms with Crippen LogP contribution in [0.25, 0.3) is 10.9 Å². The molecule has 0 aliphatic rings. The normalized spacial score (nSPS) is 12.1. The maximum Gasteiger partial charge on any atom is 0.147 e. The molecular weight excluding hydrogens is 375 g/mol. The molecule has 0 fully saturated rings. The van der Waals surface area contributed by atoms with Crippen molar-refractivity contribution in [2.45, 2.75) is 13.0 Å². The van der Waals surface area contributed by atoms with Gasteiger partial charge in [-0.05, 0) is 42.8 Å². The largest absolute Gasteiger partial charge is 0.505 e. The molecule has 0 saturated carbocycles. The van der Waals surface area contributed by atoms with Gasteiger partial charge in [-0.2, -0.15) is 0 Å². The molecule has 1 heterocycles. The molecule has 0 radical (unpaired) electrons. The van der Waals surface area contributed by atoms with Crippen molar-refractivity contribution < 1.29 is 9.50 Å². The van der Waals surface area contributed by atoms with Crippen molar-refractivity contribution in [2.75, 3.05) is 5.32 Å². The number of nitrogens with one attached hydrogen (secondary N) is 1. The molecule has 140 valence electrons. The Kier molecular flexibility index (Phi) is 4.88. The molecule has 4 rings (SSSR count). The summed E-state index contributed by atoms with van der Waals surface area (Å²) in [6.45, 7) is 1.88. The minimum absolute atomic E-state index is 0.0927. The van der Waals surface area contributed by atoms with Crippen molar-refractivity contribution in [3.8, 4) is 5.75 Å². The first-order chi connectivity index (χ1) is 13.5. The van der Waals surface area contributed by atoms with Gasteiger partial charge in [0.05, 0.1) is 16.8 Å². The predicted octanol–water partition coefficient (Wildman–Crippen LogP) is 6.24. The number of benzene rings is 3. The summed E-state index contributed by atoms with van der Waals surface area (Å²) in [5, 5.41) is 15.8. The fourth-order valence-electron chi connectivity index (χ4n) is 3.25. The zero-order chi connectivity index (χ0) is 19.7. The Morgan fingerprint density at radius 3 is 2.43 bits per heavy atom. The second-order valence-electron chi connectivity index (χ2n) is 6.64. The Morgan fingerprint density at radius 1 is 0.964 bits per heavy atom. The number of anilines is 1. The number of phenols is 1. The lowest BCUT2D eigenvalue weighted by Crippen LogP contribution is -2.13. The number of phenolic OH excluding ortho intramolecular Hbond substituents is 1. The van der Waals surface area contributed by atoms with Gasteiger partial charge in [0.2, 0.25) is 0 Å². The molecule has 28 heavy (non-hydrogen) atoms. The van der Waals surface area contributed by atoms with E-state index in [0.29, 0.717) is 16.1 Å². The molecule has 1 unspecified atom stereocenters. The number of aromatic hydroxyl groups is 1. The van der Waals surface area contributed by atoms with Crippen LogP contribution in [0.5, 0.6) is 5.75 Å². The monoisotopic (exact) mass is 392 g/mol. The van der Waals surface area contributed by atoms with E-state index in [9.17, 15) is 9.50 Å². The Hall–Kier alpha value is -3.11. The van der Waals surface area contributed by atoms with Gasteiger partial charge in [0, 0.05) is 16.6 Å². The Morgan fingerprint density at radius 2 is 1.68 bits per heavy atom. The molecule has 3 aromatic carbocycles. The standard InChI is InChI=1S/C23H18ClFN2O/c1-14-6-7-16-10-13-18(23(28)22(16)26-14)21(15-8-11-17(25)12-9-15)27-20-5-3-2-4-19(20)24/h2-13,21,27-28H,1H3. The van der Waals surface area contributed by atoms with Crippen LogP contribution in [0.2, 0.25) is 5.02 Å². The summed E-state index contributed by atoms with van der Waals surface area (Å²) in [7, 11) is 0. The van der Waals surface area contributed by atoms with Crippen LogP contribution in [0.3, 0.4) is 0 Å². The van der Waals surface area contributed by atoms with Crippen molar-refractivity contribution in [3.63, 3.8) is 0 Å². The predicted molar refractivity (Wildman–Crippen MR) is 111 cm³/mol. The molecule has 0 aliphatic heterocycles. The van der Waals surface area contributed by atoms with Gasteiger partial charge in [0.1, 0.15) is 17.1 Å². The summed E-state index contributed by atoms with van der Waals surface area (Å²) in [4.78, 5) is 4.49. The van der Waals surface area contributed by atoms with Gasteiger partial charge >= 0.3 is 0 Å². The number of halogens is 2. The number of hydrogen-bond donors (Lipinski definition) is 2. The van der Waals surface area contributed by atoms with Crippen molar-refractivity contribution in [1.29, 1.82) is 0 Å². The summed E-state index contributed by atoms with van der Waals surface area (Å²) >= 11 is 6.33. The molecule has 3 nitrogen and oxygen atoms in total. The van der Waals surface area contributed by atoms with E-state index >= 15 is 0 Å². The number of fused-ring (bicyclic) bond motifs is 1. The molecule has 0 aliphatic carbocycles. The quantitative estimate of drug-likeness (QED) is 0.432. The lowest BCUT2D eigenvalue weighted by atomic mass is 9.95. The first-order valence-corrected chi connectivity index (χ1v) is 9.26. The van der Waals surface area contributed by atoms with E-state index in [2.05, 4.69) is 10.3 Å². The molecule has 1 aromatic heterocycles. The lowest BCUT2D eigenvalue weighted by molar-refractivity contribution is 0.471. The van der Waals surface area contributed by atoms with Crippen molar-refractivity contribution in [3.05, 3.63) is 100 Å². The van der Waals surface area contributed by atoms with Crippen LogP contribution in [-0.2, 0) is 0 Å². The Balaban J connectivity index is 1.87. The topological polar surface area (TPSA) is 45.1 Å². The average Bonchev–Trinajstić information content (AvgIpc) is 2.69. The van der Waals surface area contributed by atoms with Gasteiger partial charge in [0.25, 0.3) is 0 Å². The molecule has 1 atom stereocenters. The van der Waals surface area contributed by atoms with Crippen LogP contribution in [0, 0.1) is 12.7 Å². The van der Waals surface area contributed by atoms with Crippen LogP contribution in [0.4, 0.5) is 10.1 Å². The van der Waals surface area contributed by atoms with E-state index in [1.165, 1.54) is 12.1 Å². The summed E-state index contributed by atoms with van der Waals surface area (Å²) in [6.07, 6.45) is 0. The van der Waals surface area contributed by atoms with E-state index < -0.39 is 6.04 Å². The second kappa shape index (κ2) is 7.49. The van der Waals surface area contributed by atoms with E-state index in [1.54, 1.807) is 18.2 Å². The summed E-state index contributed by atoms with van der Waals surface area (Å²) in [6, 6.07) is 20.7. The average molecular weight is 393 g/mol. The first kappa shape index (κ1) is 18.3. The van der Waals surface area contributed by atoms with Crippen molar-refractivity contribution in [1.82, 2.24) is 4.98 Å². The third-order valence-corrected chi connectivity index (χ3v) is 5.02. The fraction of sp³-hybridized carbons (Fsp3) is 0.0870. The van der Waals surface area contributed by atoms with E-state index in [0.717, 1.165) is 22.3 Å². The maximum atomic E-state index is 13.5. The highest BCUT2D eigenvalue weighted by Gasteiger charge is 2.21. The van der Waals surface area contributed by atoms with Gasteiger partial charge in [-0.25, -0.2) is 9.37 Å². The zero-order valence-corrected chi connectivity index (χ0v) is 15.9. The fourth-order valence-corrected chi connectivity index (χ4v) is 3.44. The molecule has 0 spiro atoms. The van der Waals surface area contributed by atoms with E-state index in [-0.39, 0.29) is 11.6 Å². The van der Waals surface area contributed by atoms with Gasteiger partial charge < -0.3 is 10.4 Å². The van der Waals surface area contributed by atoms with Crippen molar-refractivity contribution in [2.24, 2.45) is 0 Å². The highest BCUT2D eigenvalue weighted by atomic mass is 35.5. The SMILES string of the molecule is Cc1ccc2ccc(C(Nc3ccccc3Cl)c3ccc(F)cc3)c(O)c2n1. The molecule has 5 heteroatoms. The first-order valence-electron chi connectivity index (χ1n) is 8.88. The van der Waals surface area contributed by atoms with Crippen LogP contribution in [0.15, 0.2) is 72.8 Å². The molecule has 0 amide bonds. The smallest absolute Gasteiger partial charge is 0.147 e. The number of aromatic nitrogens is 1. The van der Waals surface area contributed by atoms with E-state index in [4.69, 9.17) is 11.6 Å². The Bertz CT molecular complexity index is 1150. The lowest BCUT2D eigenvalue weighted by Gasteiger charge is -2.23. The summed E-state index contributed by atoms with van der Waals surface area (Å²) in [5.74, 6) is -0.227. The number of para-hydroxylation sites is 1. The van der Waals surface area contributed by atoms with Crippen LogP contribution in [-0.4, -0.2) is 10.1 Å². The number of nitrogens with zero attached hydrogens (tertiary/aromatic N) is 1. The minimum Gasteiger partial charge on any atom is -0.505 e. The summed E-state index contributed by atoms with van der Waals surface area (Å²) < 4.78 is 13.5. The number of aryl methyl sites for hydroxylation is 1. The van der Waals surface area contributed by atoms with Crippen LogP contribution >= 0.6 is 11.6 Å². The molecule has 2 N–H and O–H groups in total. The maximum absolute atomic E-state index is 13.5. The molecular formula is C23H18ClFN2O. The molecule has 4 aromatic rings. The minimum atomic E-state index is -0.438. The third kappa shape index (κ3) is 3.51. The van der Waals surface area contributed by atoms with Crippen molar-refractivity contribution >= 4 is 28.2 Å². The Labute approximate surface area is 167 Å².